The third kappa shape index (κ3) is 3.49. The van der Waals surface area contributed by atoms with E-state index in [0.717, 1.165) is 31.6 Å². The number of carbonyl (C=O) groups excluding carboxylic acids is 1. The van der Waals surface area contributed by atoms with Crippen LogP contribution in [0.5, 0.6) is 0 Å². The van der Waals surface area contributed by atoms with Crippen LogP contribution in [0.3, 0.4) is 0 Å². The van der Waals surface area contributed by atoms with Gasteiger partial charge in [-0.15, -0.1) is 0 Å². The van der Waals surface area contributed by atoms with E-state index in [1.54, 1.807) is 0 Å². The molecule has 1 aromatic rings. The molecule has 1 aromatic carbocycles. The average Bonchev–Trinajstić information content (AvgIpc) is 2.68. The van der Waals surface area contributed by atoms with Gasteiger partial charge in [0.25, 0.3) is 0 Å². The van der Waals surface area contributed by atoms with E-state index in [1.807, 2.05) is 47.2 Å². The monoisotopic (exact) mass is 246 g/mol. The molecule has 0 atom stereocenters. The molecule has 1 fully saturated rings. The molecule has 1 heterocycles. The van der Waals surface area contributed by atoms with Crippen molar-refractivity contribution in [3.8, 4) is 0 Å². The quantitative estimate of drug-likeness (QED) is 0.818. The molecule has 0 aliphatic carbocycles. The molecule has 1 aliphatic heterocycles. The van der Waals surface area contributed by atoms with Gasteiger partial charge in [0.1, 0.15) is 0 Å². The number of nitrogens with zero attached hydrogens (tertiary/aromatic N) is 2. The summed E-state index contributed by atoms with van der Waals surface area (Å²) in [7, 11) is 1.98. The fourth-order valence-electron chi connectivity index (χ4n) is 2.40. The maximum Gasteiger partial charge on any atom is 0.242 e. The predicted octanol–water partition coefficient (Wildman–Crippen LogP) is 2.53. The lowest BCUT2D eigenvalue weighted by Gasteiger charge is -2.25. The zero-order chi connectivity index (χ0) is 12.8. The van der Waals surface area contributed by atoms with E-state index >= 15 is 0 Å². The second-order valence-electron chi connectivity index (χ2n) is 4.99. The first-order valence-corrected chi connectivity index (χ1v) is 6.81. The molecular formula is C15H22N2O. The van der Waals surface area contributed by atoms with Gasteiger partial charge in [-0.05, 0) is 25.0 Å². The number of hydrogen-bond acceptors (Lipinski definition) is 2. The van der Waals surface area contributed by atoms with Crippen LogP contribution in [-0.2, 0) is 4.79 Å². The van der Waals surface area contributed by atoms with E-state index in [1.165, 1.54) is 12.8 Å². The second-order valence-corrected chi connectivity index (χ2v) is 4.99. The number of para-hydroxylation sites is 1. The van der Waals surface area contributed by atoms with E-state index in [9.17, 15) is 4.79 Å². The Kier molecular flexibility index (Phi) is 4.62. The predicted molar refractivity (Wildman–Crippen MR) is 74.8 cm³/mol. The van der Waals surface area contributed by atoms with Crippen LogP contribution in [0, 0.1) is 0 Å². The lowest BCUT2D eigenvalue weighted by molar-refractivity contribution is -0.129. The number of benzene rings is 1. The number of carbonyl (C=O) groups is 1. The van der Waals surface area contributed by atoms with Crippen LogP contribution in [0.25, 0.3) is 0 Å². The van der Waals surface area contributed by atoms with Crippen molar-refractivity contribution in [1.82, 2.24) is 4.90 Å². The molecule has 0 saturated carbocycles. The van der Waals surface area contributed by atoms with Crippen LogP contribution in [0.4, 0.5) is 5.69 Å². The summed E-state index contributed by atoms with van der Waals surface area (Å²) in [6.45, 7) is 2.34. The maximum atomic E-state index is 12.2. The summed E-state index contributed by atoms with van der Waals surface area (Å²) in [5.74, 6) is 0.253. The fourth-order valence-corrected chi connectivity index (χ4v) is 2.40. The van der Waals surface area contributed by atoms with Crippen molar-refractivity contribution in [2.45, 2.75) is 25.7 Å². The van der Waals surface area contributed by atoms with Gasteiger partial charge in [-0.3, -0.25) is 4.79 Å². The molecule has 0 spiro atoms. The molecule has 0 radical (unpaired) electrons. The van der Waals surface area contributed by atoms with E-state index < -0.39 is 0 Å². The lowest BCUT2D eigenvalue weighted by Crippen LogP contribution is -2.39. The molecule has 0 unspecified atom stereocenters. The summed E-state index contributed by atoms with van der Waals surface area (Å²) in [6, 6.07) is 10.1. The number of likely N-dealkylation sites (tertiary alicyclic amines) is 1. The van der Waals surface area contributed by atoms with Gasteiger partial charge in [0.05, 0.1) is 6.54 Å². The van der Waals surface area contributed by atoms with Gasteiger partial charge in [-0.1, -0.05) is 31.0 Å². The van der Waals surface area contributed by atoms with Crippen LogP contribution in [0.1, 0.15) is 25.7 Å². The molecule has 3 heteroatoms. The highest BCUT2D eigenvalue weighted by Gasteiger charge is 2.16. The SMILES string of the molecule is CN(CC(=O)N1CCCCCC1)c1ccccc1. The minimum absolute atomic E-state index is 0.253. The fraction of sp³-hybridized carbons (Fsp3) is 0.533. The molecule has 1 aliphatic rings. The molecule has 0 aromatic heterocycles. The van der Waals surface area contributed by atoms with Crippen molar-refractivity contribution >= 4 is 11.6 Å². The first kappa shape index (κ1) is 12.9. The van der Waals surface area contributed by atoms with Crippen molar-refractivity contribution < 1.29 is 4.79 Å². The standard InChI is InChI=1S/C15H22N2O/c1-16(14-9-5-4-6-10-14)13-15(18)17-11-7-2-3-8-12-17/h4-6,9-10H,2-3,7-8,11-13H2,1H3. The summed E-state index contributed by atoms with van der Waals surface area (Å²) in [6.07, 6.45) is 4.83. The van der Waals surface area contributed by atoms with E-state index in [2.05, 4.69) is 0 Å². The van der Waals surface area contributed by atoms with Gasteiger partial charge in [-0.2, -0.15) is 0 Å². The minimum Gasteiger partial charge on any atom is -0.365 e. The summed E-state index contributed by atoms with van der Waals surface area (Å²) in [4.78, 5) is 16.3. The molecule has 3 nitrogen and oxygen atoms in total. The van der Waals surface area contributed by atoms with Gasteiger partial charge in [0.15, 0.2) is 0 Å². The summed E-state index contributed by atoms with van der Waals surface area (Å²) in [5, 5.41) is 0. The number of rotatable bonds is 3. The highest BCUT2D eigenvalue weighted by molar-refractivity contribution is 5.81. The normalized spacial score (nSPS) is 16.2. The van der Waals surface area contributed by atoms with Crippen LogP contribution in [-0.4, -0.2) is 37.5 Å². The third-order valence-electron chi connectivity index (χ3n) is 3.53. The van der Waals surface area contributed by atoms with Crippen molar-refractivity contribution in [3.05, 3.63) is 30.3 Å². The molecule has 18 heavy (non-hydrogen) atoms. The van der Waals surface area contributed by atoms with Gasteiger partial charge in [0.2, 0.25) is 5.91 Å². The van der Waals surface area contributed by atoms with E-state index in [0.29, 0.717) is 6.54 Å². The Labute approximate surface area is 109 Å². The van der Waals surface area contributed by atoms with Gasteiger partial charge < -0.3 is 9.80 Å². The number of anilines is 1. The Morgan fingerprint density at radius 3 is 2.33 bits per heavy atom. The van der Waals surface area contributed by atoms with Crippen LogP contribution >= 0.6 is 0 Å². The Bertz CT molecular complexity index is 369. The Morgan fingerprint density at radius 1 is 1.11 bits per heavy atom. The molecule has 0 N–H and O–H groups in total. The maximum absolute atomic E-state index is 12.2. The first-order valence-electron chi connectivity index (χ1n) is 6.81. The molecule has 2 rings (SSSR count). The highest BCUT2D eigenvalue weighted by atomic mass is 16.2. The number of hydrogen-bond donors (Lipinski definition) is 0. The zero-order valence-electron chi connectivity index (χ0n) is 11.1. The topological polar surface area (TPSA) is 23.6 Å². The smallest absolute Gasteiger partial charge is 0.242 e. The Hall–Kier alpha value is -1.51. The molecular weight excluding hydrogens is 224 g/mol. The molecule has 1 amide bonds. The van der Waals surface area contributed by atoms with Crippen LogP contribution in [0.2, 0.25) is 0 Å². The first-order chi connectivity index (χ1) is 8.77. The number of likely N-dealkylation sites (N-methyl/N-ethyl adjacent to an activating group) is 1. The van der Waals surface area contributed by atoms with Gasteiger partial charge >= 0.3 is 0 Å². The van der Waals surface area contributed by atoms with E-state index in [4.69, 9.17) is 0 Å². The summed E-state index contributed by atoms with van der Waals surface area (Å²) >= 11 is 0. The van der Waals surface area contributed by atoms with Gasteiger partial charge in [-0.25, -0.2) is 0 Å². The van der Waals surface area contributed by atoms with Gasteiger partial charge in [0, 0.05) is 25.8 Å². The zero-order valence-corrected chi connectivity index (χ0v) is 11.1. The third-order valence-corrected chi connectivity index (χ3v) is 3.53. The number of amides is 1. The Balaban J connectivity index is 1.90. The largest absolute Gasteiger partial charge is 0.365 e. The van der Waals surface area contributed by atoms with Crippen LogP contribution in [0.15, 0.2) is 30.3 Å². The van der Waals surface area contributed by atoms with Crippen LogP contribution < -0.4 is 4.90 Å². The van der Waals surface area contributed by atoms with Crippen molar-refractivity contribution in [3.63, 3.8) is 0 Å². The molecule has 98 valence electrons. The molecule has 0 bridgehead atoms. The van der Waals surface area contributed by atoms with Crippen molar-refractivity contribution in [2.24, 2.45) is 0 Å². The van der Waals surface area contributed by atoms with E-state index in [-0.39, 0.29) is 5.91 Å². The average molecular weight is 246 g/mol. The summed E-state index contributed by atoms with van der Waals surface area (Å²) in [5.41, 5.74) is 1.10. The van der Waals surface area contributed by atoms with Crippen molar-refractivity contribution in [2.75, 3.05) is 31.6 Å². The lowest BCUT2D eigenvalue weighted by atomic mass is 10.2. The second kappa shape index (κ2) is 6.43. The summed E-state index contributed by atoms with van der Waals surface area (Å²) < 4.78 is 0. The van der Waals surface area contributed by atoms with Crippen molar-refractivity contribution in [1.29, 1.82) is 0 Å². The Morgan fingerprint density at radius 2 is 1.72 bits per heavy atom. The highest BCUT2D eigenvalue weighted by Crippen LogP contribution is 2.13. The minimum atomic E-state index is 0.253. The molecule has 1 saturated heterocycles.